The average molecular weight is 325 g/mol. The number of aromatic nitrogens is 1. The SMILES string of the molecule is CC(C)OC(=O)C(C)N(C)c1ncc(C(F)(F)F)cc1Cl. The van der Waals surface area contributed by atoms with Crippen LogP contribution in [-0.2, 0) is 15.7 Å². The summed E-state index contributed by atoms with van der Waals surface area (Å²) in [7, 11) is 1.51. The van der Waals surface area contributed by atoms with Crippen LogP contribution in [0.2, 0.25) is 5.02 Å². The van der Waals surface area contributed by atoms with Crippen LogP contribution in [0.4, 0.5) is 19.0 Å². The van der Waals surface area contributed by atoms with Crippen LogP contribution in [0, 0.1) is 0 Å². The molecule has 0 aromatic carbocycles. The van der Waals surface area contributed by atoms with Crippen molar-refractivity contribution in [2.45, 2.75) is 39.1 Å². The molecule has 0 spiro atoms. The number of halogens is 4. The van der Waals surface area contributed by atoms with Crippen molar-refractivity contribution in [3.8, 4) is 0 Å². The van der Waals surface area contributed by atoms with Crippen LogP contribution >= 0.6 is 11.6 Å². The normalized spacial score (nSPS) is 13.2. The van der Waals surface area contributed by atoms with Gasteiger partial charge in [-0.25, -0.2) is 9.78 Å². The standard InChI is InChI=1S/C13H16ClF3N2O2/c1-7(2)21-12(20)8(3)19(4)11-10(14)5-9(6-18-11)13(15,16)17/h5-8H,1-4H3. The molecule has 1 unspecified atom stereocenters. The number of nitrogens with zero attached hydrogens (tertiary/aromatic N) is 2. The van der Waals surface area contributed by atoms with E-state index < -0.39 is 23.8 Å². The van der Waals surface area contributed by atoms with E-state index in [0.29, 0.717) is 6.20 Å². The highest BCUT2D eigenvalue weighted by Gasteiger charge is 2.32. The van der Waals surface area contributed by atoms with E-state index in [9.17, 15) is 18.0 Å². The summed E-state index contributed by atoms with van der Waals surface area (Å²) in [4.78, 5) is 16.9. The molecule has 0 saturated carbocycles. The van der Waals surface area contributed by atoms with Crippen molar-refractivity contribution in [3.05, 3.63) is 22.8 Å². The predicted molar refractivity (Wildman–Crippen MR) is 73.3 cm³/mol. The highest BCUT2D eigenvalue weighted by molar-refractivity contribution is 6.33. The van der Waals surface area contributed by atoms with Crippen LogP contribution in [0.25, 0.3) is 0 Å². The number of anilines is 1. The lowest BCUT2D eigenvalue weighted by Gasteiger charge is -2.26. The van der Waals surface area contributed by atoms with E-state index in [-0.39, 0.29) is 16.9 Å². The Morgan fingerprint density at radius 1 is 1.38 bits per heavy atom. The third kappa shape index (κ3) is 4.49. The summed E-state index contributed by atoms with van der Waals surface area (Å²) in [6.45, 7) is 4.96. The van der Waals surface area contributed by atoms with Gasteiger partial charge in [0.15, 0.2) is 0 Å². The number of esters is 1. The lowest BCUT2D eigenvalue weighted by atomic mass is 10.2. The van der Waals surface area contributed by atoms with Crippen LogP contribution in [0.1, 0.15) is 26.3 Å². The zero-order valence-corrected chi connectivity index (χ0v) is 12.8. The molecule has 8 heteroatoms. The van der Waals surface area contributed by atoms with E-state index in [2.05, 4.69) is 4.98 Å². The molecule has 118 valence electrons. The summed E-state index contributed by atoms with van der Waals surface area (Å²) in [6.07, 6.45) is -4.13. The van der Waals surface area contributed by atoms with Crippen molar-refractivity contribution in [1.82, 2.24) is 4.98 Å². The first-order valence-corrected chi connectivity index (χ1v) is 6.58. The van der Waals surface area contributed by atoms with Gasteiger partial charge in [0.2, 0.25) is 0 Å². The van der Waals surface area contributed by atoms with Crippen LogP contribution in [0.5, 0.6) is 0 Å². The molecule has 1 aromatic heterocycles. The van der Waals surface area contributed by atoms with Crippen molar-refractivity contribution >= 4 is 23.4 Å². The smallest absolute Gasteiger partial charge is 0.417 e. The van der Waals surface area contributed by atoms with E-state index in [4.69, 9.17) is 16.3 Å². The fraction of sp³-hybridized carbons (Fsp3) is 0.538. The summed E-state index contributed by atoms with van der Waals surface area (Å²) in [5.41, 5.74) is -0.943. The van der Waals surface area contributed by atoms with Gasteiger partial charge in [-0.1, -0.05) is 11.6 Å². The Labute approximate surface area is 125 Å². The van der Waals surface area contributed by atoms with E-state index in [1.807, 2.05) is 0 Å². The second-order valence-corrected chi connectivity index (χ2v) is 5.21. The summed E-state index contributed by atoms with van der Waals surface area (Å²) >= 11 is 5.83. The number of hydrogen-bond donors (Lipinski definition) is 0. The highest BCUT2D eigenvalue weighted by Crippen LogP contribution is 2.33. The molecule has 0 N–H and O–H groups in total. The van der Waals surface area contributed by atoms with Gasteiger partial charge in [-0.15, -0.1) is 0 Å². The van der Waals surface area contributed by atoms with E-state index in [1.165, 1.54) is 11.9 Å². The number of rotatable bonds is 4. The molecule has 1 heterocycles. The van der Waals surface area contributed by atoms with Crippen molar-refractivity contribution in [2.24, 2.45) is 0 Å². The Morgan fingerprint density at radius 2 is 1.95 bits per heavy atom. The van der Waals surface area contributed by atoms with Crippen molar-refractivity contribution in [1.29, 1.82) is 0 Å². The van der Waals surface area contributed by atoms with Crippen LogP contribution in [-0.4, -0.2) is 30.1 Å². The van der Waals surface area contributed by atoms with E-state index >= 15 is 0 Å². The lowest BCUT2D eigenvalue weighted by molar-refractivity contribution is -0.148. The first-order chi connectivity index (χ1) is 9.54. The first-order valence-electron chi connectivity index (χ1n) is 6.20. The largest absolute Gasteiger partial charge is 0.461 e. The maximum absolute atomic E-state index is 12.5. The van der Waals surface area contributed by atoms with Gasteiger partial charge in [0.25, 0.3) is 0 Å². The number of hydrogen-bond acceptors (Lipinski definition) is 4. The third-order valence-corrected chi connectivity index (χ3v) is 3.04. The predicted octanol–water partition coefficient (Wildman–Crippen LogP) is 3.53. The molecule has 0 radical (unpaired) electrons. The number of carbonyl (C=O) groups is 1. The number of likely N-dealkylation sites (N-methyl/N-ethyl adjacent to an activating group) is 1. The summed E-state index contributed by atoms with van der Waals surface area (Å²) in [5, 5.41) is -0.184. The molecule has 1 aromatic rings. The van der Waals surface area contributed by atoms with Gasteiger partial charge in [-0.3, -0.25) is 0 Å². The van der Waals surface area contributed by atoms with E-state index in [1.54, 1.807) is 20.8 Å². The van der Waals surface area contributed by atoms with Gasteiger partial charge >= 0.3 is 12.1 Å². The molecule has 0 amide bonds. The number of alkyl halides is 3. The fourth-order valence-corrected chi connectivity index (χ4v) is 1.82. The number of ether oxygens (including phenoxy) is 1. The van der Waals surface area contributed by atoms with Gasteiger partial charge in [-0.2, -0.15) is 13.2 Å². The fourth-order valence-electron chi connectivity index (χ4n) is 1.52. The van der Waals surface area contributed by atoms with Crippen molar-refractivity contribution in [3.63, 3.8) is 0 Å². The molecule has 1 atom stereocenters. The Morgan fingerprint density at radius 3 is 2.38 bits per heavy atom. The lowest BCUT2D eigenvalue weighted by Crippen LogP contribution is -2.39. The Hall–Kier alpha value is -1.50. The zero-order chi connectivity index (χ0) is 16.4. The van der Waals surface area contributed by atoms with E-state index in [0.717, 1.165) is 6.07 Å². The Bertz CT molecular complexity index is 521. The molecule has 0 fully saturated rings. The van der Waals surface area contributed by atoms with Gasteiger partial charge in [-0.05, 0) is 26.8 Å². The third-order valence-electron chi connectivity index (χ3n) is 2.76. The van der Waals surface area contributed by atoms with Crippen molar-refractivity contribution in [2.75, 3.05) is 11.9 Å². The maximum atomic E-state index is 12.5. The minimum atomic E-state index is -4.52. The Balaban J connectivity index is 2.98. The molecule has 0 saturated heterocycles. The molecular formula is C13H16ClF3N2O2. The van der Waals surface area contributed by atoms with Crippen LogP contribution in [0.15, 0.2) is 12.3 Å². The minimum absolute atomic E-state index is 0.0814. The molecular weight excluding hydrogens is 309 g/mol. The van der Waals surface area contributed by atoms with Gasteiger partial charge in [0.1, 0.15) is 11.9 Å². The number of pyridine rings is 1. The molecule has 21 heavy (non-hydrogen) atoms. The van der Waals surface area contributed by atoms with Gasteiger partial charge in [0, 0.05) is 13.2 Å². The molecule has 0 aliphatic rings. The molecule has 1 rings (SSSR count). The average Bonchev–Trinajstić information content (AvgIpc) is 2.35. The maximum Gasteiger partial charge on any atom is 0.417 e. The summed E-state index contributed by atoms with van der Waals surface area (Å²) < 4.78 is 42.7. The molecule has 0 aliphatic heterocycles. The van der Waals surface area contributed by atoms with Crippen molar-refractivity contribution < 1.29 is 22.7 Å². The summed E-state index contributed by atoms with van der Waals surface area (Å²) in [5.74, 6) is -0.428. The topological polar surface area (TPSA) is 42.4 Å². The summed E-state index contributed by atoms with van der Waals surface area (Å²) in [6, 6.07) is 0.0510. The first kappa shape index (κ1) is 17.6. The zero-order valence-electron chi connectivity index (χ0n) is 12.0. The van der Waals surface area contributed by atoms with Crippen LogP contribution in [0.3, 0.4) is 0 Å². The Kier molecular flexibility index (Phi) is 5.44. The monoisotopic (exact) mass is 324 g/mol. The van der Waals surface area contributed by atoms with Crippen LogP contribution < -0.4 is 4.90 Å². The molecule has 0 bridgehead atoms. The van der Waals surface area contributed by atoms with Gasteiger partial charge < -0.3 is 9.64 Å². The molecule has 4 nitrogen and oxygen atoms in total. The van der Waals surface area contributed by atoms with Gasteiger partial charge in [0.05, 0.1) is 16.7 Å². The number of carbonyl (C=O) groups excluding carboxylic acids is 1. The molecule has 0 aliphatic carbocycles. The second-order valence-electron chi connectivity index (χ2n) is 4.80. The minimum Gasteiger partial charge on any atom is -0.461 e. The highest BCUT2D eigenvalue weighted by atomic mass is 35.5. The quantitative estimate of drug-likeness (QED) is 0.795. The second kappa shape index (κ2) is 6.51.